The molecular weight excluding hydrogens is 170 g/mol. The summed E-state index contributed by atoms with van der Waals surface area (Å²) >= 11 is 3.97. The van der Waals surface area contributed by atoms with Gasteiger partial charge < -0.3 is 4.72 Å². The molecule has 0 bridgehead atoms. The molecule has 0 amide bonds. The molecule has 2 rings (SSSR count). The van der Waals surface area contributed by atoms with Crippen LogP contribution >= 0.6 is 12.8 Å². The summed E-state index contributed by atoms with van der Waals surface area (Å²) < 4.78 is 4.58. The fraction of sp³-hybridized carbons (Fsp3) is 0.125. The van der Waals surface area contributed by atoms with Crippen LogP contribution in [0.25, 0.3) is 10.9 Å². The van der Waals surface area contributed by atoms with Gasteiger partial charge >= 0.3 is 0 Å². The Morgan fingerprint density at radius 1 is 1.42 bits per heavy atom. The van der Waals surface area contributed by atoms with Crippen LogP contribution in [0.15, 0.2) is 24.3 Å². The summed E-state index contributed by atoms with van der Waals surface area (Å²) in [5.74, 6) is 0.802. The Morgan fingerprint density at radius 3 is 2.92 bits per heavy atom. The Balaban J connectivity index is 2.82. The average Bonchev–Trinajstić information content (AvgIpc) is 2.44. The summed E-state index contributed by atoms with van der Waals surface area (Å²) in [6.07, 6.45) is 0. The second-order valence-corrected chi connectivity index (χ2v) is 2.82. The Morgan fingerprint density at radius 2 is 2.17 bits per heavy atom. The first-order valence-electron chi connectivity index (χ1n) is 3.65. The van der Waals surface area contributed by atoms with E-state index in [0.717, 1.165) is 16.7 Å². The van der Waals surface area contributed by atoms with Crippen LogP contribution in [0.1, 0.15) is 0 Å². The SMILES string of the molecule is Cn1nc(NS)c2ccccc21. The molecule has 62 valence electrons. The van der Waals surface area contributed by atoms with Crippen molar-refractivity contribution in [2.24, 2.45) is 7.05 Å². The molecule has 1 N–H and O–H groups in total. The van der Waals surface area contributed by atoms with E-state index in [2.05, 4.69) is 22.6 Å². The largest absolute Gasteiger partial charge is 0.315 e. The quantitative estimate of drug-likeness (QED) is 0.654. The van der Waals surface area contributed by atoms with Gasteiger partial charge in [-0.25, -0.2) is 0 Å². The minimum absolute atomic E-state index is 0.802. The summed E-state index contributed by atoms with van der Waals surface area (Å²) in [7, 11) is 1.91. The van der Waals surface area contributed by atoms with Crippen molar-refractivity contribution in [2.75, 3.05) is 4.72 Å². The summed E-state index contributed by atoms with van der Waals surface area (Å²) in [5.41, 5.74) is 1.11. The number of nitrogens with zero attached hydrogens (tertiary/aromatic N) is 2. The van der Waals surface area contributed by atoms with Crippen molar-refractivity contribution in [1.29, 1.82) is 0 Å². The summed E-state index contributed by atoms with van der Waals surface area (Å²) in [4.78, 5) is 0. The first-order chi connectivity index (χ1) is 5.83. The van der Waals surface area contributed by atoms with E-state index in [1.54, 1.807) is 0 Å². The molecule has 12 heavy (non-hydrogen) atoms. The number of para-hydroxylation sites is 1. The van der Waals surface area contributed by atoms with Gasteiger partial charge in [0.25, 0.3) is 0 Å². The number of rotatable bonds is 1. The summed E-state index contributed by atoms with van der Waals surface area (Å²) in [6, 6.07) is 8.02. The van der Waals surface area contributed by atoms with Crippen LogP contribution < -0.4 is 4.72 Å². The van der Waals surface area contributed by atoms with Gasteiger partial charge in [0.1, 0.15) is 0 Å². The van der Waals surface area contributed by atoms with Crippen LogP contribution in [-0.4, -0.2) is 9.78 Å². The normalized spacial score (nSPS) is 10.5. The molecule has 1 aromatic carbocycles. The number of hydrogen-bond acceptors (Lipinski definition) is 3. The molecule has 0 aliphatic heterocycles. The van der Waals surface area contributed by atoms with Crippen LogP contribution in [0.2, 0.25) is 0 Å². The third kappa shape index (κ3) is 0.956. The lowest BCUT2D eigenvalue weighted by molar-refractivity contribution is 0.802. The van der Waals surface area contributed by atoms with Gasteiger partial charge in [0, 0.05) is 12.4 Å². The minimum atomic E-state index is 0.802. The number of anilines is 1. The van der Waals surface area contributed by atoms with E-state index in [1.165, 1.54) is 0 Å². The van der Waals surface area contributed by atoms with Crippen LogP contribution in [0.5, 0.6) is 0 Å². The van der Waals surface area contributed by atoms with Gasteiger partial charge in [-0.15, -0.1) is 0 Å². The fourth-order valence-corrected chi connectivity index (χ4v) is 1.46. The Hall–Kier alpha value is -1.16. The highest BCUT2D eigenvalue weighted by molar-refractivity contribution is 7.81. The molecule has 0 unspecified atom stereocenters. The lowest BCUT2D eigenvalue weighted by Gasteiger charge is -1.90. The molecule has 1 heterocycles. The second-order valence-electron chi connectivity index (χ2n) is 2.60. The summed E-state index contributed by atoms with van der Waals surface area (Å²) in [6.45, 7) is 0. The van der Waals surface area contributed by atoms with E-state index < -0.39 is 0 Å². The minimum Gasteiger partial charge on any atom is -0.315 e. The molecule has 0 saturated heterocycles. The van der Waals surface area contributed by atoms with Crippen molar-refractivity contribution in [3.8, 4) is 0 Å². The lowest BCUT2D eigenvalue weighted by Crippen LogP contribution is -1.89. The van der Waals surface area contributed by atoms with Crippen LogP contribution in [0, 0.1) is 0 Å². The zero-order valence-corrected chi connectivity index (χ0v) is 7.55. The topological polar surface area (TPSA) is 29.9 Å². The molecular formula is C8H9N3S. The van der Waals surface area contributed by atoms with Gasteiger partial charge in [-0.2, -0.15) is 5.10 Å². The third-order valence-electron chi connectivity index (χ3n) is 1.86. The zero-order chi connectivity index (χ0) is 8.55. The molecule has 0 aliphatic carbocycles. The van der Waals surface area contributed by atoms with Crippen LogP contribution in [0.3, 0.4) is 0 Å². The van der Waals surface area contributed by atoms with E-state index in [0.29, 0.717) is 0 Å². The lowest BCUT2D eigenvalue weighted by atomic mass is 10.2. The Labute approximate surface area is 75.9 Å². The molecule has 0 saturated carbocycles. The van der Waals surface area contributed by atoms with Gasteiger partial charge in [0.05, 0.1) is 5.52 Å². The maximum Gasteiger partial charge on any atom is 0.165 e. The van der Waals surface area contributed by atoms with Gasteiger partial charge in [0.15, 0.2) is 5.82 Å². The van der Waals surface area contributed by atoms with Crippen LogP contribution in [-0.2, 0) is 7.05 Å². The molecule has 0 radical (unpaired) electrons. The van der Waals surface area contributed by atoms with E-state index in [4.69, 9.17) is 0 Å². The Bertz CT molecular complexity index is 408. The number of benzene rings is 1. The molecule has 4 heteroatoms. The van der Waals surface area contributed by atoms with Crippen LogP contribution in [0.4, 0.5) is 5.82 Å². The Kier molecular flexibility index (Phi) is 1.69. The first kappa shape index (κ1) is 7.49. The molecule has 1 aromatic heterocycles. The van der Waals surface area contributed by atoms with E-state index >= 15 is 0 Å². The molecule has 0 aliphatic rings. The standard InChI is InChI=1S/C8H9N3S/c1-11-7-5-3-2-4-6(7)8(9-11)10-12/h2-5,12H,1H3,(H,9,10). The highest BCUT2D eigenvalue weighted by atomic mass is 32.1. The zero-order valence-electron chi connectivity index (χ0n) is 6.65. The second kappa shape index (κ2) is 2.71. The van der Waals surface area contributed by atoms with Crippen molar-refractivity contribution in [1.82, 2.24) is 9.78 Å². The van der Waals surface area contributed by atoms with E-state index in [1.807, 2.05) is 36.0 Å². The van der Waals surface area contributed by atoms with Gasteiger partial charge in [0.2, 0.25) is 0 Å². The maximum absolute atomic E-state index is 4.24. The summed E-state index contributed by atoms with van der Waals surface area (Å²) in [5, 5.41) is 5.33. The fourth-order valence-electron chi connectivity index (χ4n) is 1.30. The molecule has 2 aromatic rings. The van der Waals surface area contributed by atoms with Gasteiger partial charge in [-0.1, -0.05) is 24.9 Å². The van der Waals surface area contributed by atoms with Crippen molar-refractivity contribution in [3.05, 3.63) is 24.3 Å². The average molecular weight is 179 g/mol. The predicted octanol–water partition coefficient (Wildman–Crippen LogP) is 1.83. The molecule has 0 atom stereocenters. The van der Waals surface area contributed by atoms with Crippen molar-refractivity contribution in [3.63, 3.8) is 0 Å². The molecule has 0 spiro atoms. The highest BCUT2D eigenvalue weighted by Crippen LogP contribution is 2.21. The number of fused-ring (bicyclic) bond motifs is 1. The van der Waals surface area contributed by atoms with Gasteiger partial charge in [-0.05, 0) is 12.1 Å². The number of nitrogens with one attached hydrogen (secondary N) is 1. The van der Waals surface area contributed by atoms with Gasteiger partial charge in [-0.3, -0.25) is 4.68 Å². The molecule has 0 fully saturated rings. The highest BCUT2D eigenvalue weighted by Gasteiger charge is 2.04. The number of thiol groups is 1. The van der Waals surface area contributed by atoms with Crippen molar-refractivity contribution in [2.45, 2.75) is 0 Å². The van der Waals surface area contributed by atoms with Crippen molar-refractivity contribution < 1.29 is 0 Å². The number of aryl methyl sites for hydroxylation is 1. The van der Waals surface area contributed by atoms with Crippen molar-refractivity contribution >= 4 is 29.5 Å². The smallest absolute Gasteiger partial charge is 0.165 e. The predicted molar refractivity (Wildman–Crippen MR) is 53.3 cm³/mol. The number of hydrogen-bond donors (Lipinski definition) is 2. The maximum atomic E-state index is 4.24. The monoisotopic (exact) mass is 179 g/mol. The van der Waals surface area contributed by atoms with E-state index in [9.17, 15) is 0 Å². The molecule has 3 nitrogen and oxygen atoms in total. The first-order valence-corrected chi connectivity index (χ1v) is 4.09. The van der Waals surface area contributed by atoms with E-state index in [-0.39, 0.29) is 0 Å². The third-order valence-corrected chi connectivity index (χ3v) is 2.08. The number of aromatic nitrogens is 2.